The number of hydrogen-bond donors (Lipinski definition) is 2. The third-order valence-electron chi connectivity index (χ3n) is 4.82. The number of benzene rings is 1. The fourth-order valence-corrected chi connectivity index (χ4v) is 3.39. The van der Waals surface area contributed by atoms with Gasteiger partial charge in [-0.15, -0.1) is 0 Å². The molecule has 140 valence electrons. The van der Waals surface area contributed by atoms with Crippen molar-refractivity contribution in [3.63, 3.8) is 0 Å². The van der Waals surface area contributed by atoms with Crippen LogP contribution in [0.3, 0.4) is 0 Å². The molecule has 3 heterocycles. The first-order valence-corrected chi connectivity index (χ1v) is 9.19. The molecule has 0 atom stereocenters. The molecule has 27 heavy (non-hydrogen) atoms. The number of fused-ring (bicyclic) bond motifs is 1. The van der Waals surface area contributed by atoms with Crippen molar-refractivity contribution in [3.05, 3.63) is 30.5 Å². The molecule has 1 saturated heterocycles. The molecule has 1 aliphatic heterocycles. The van der Waals surface area contributed by atoms with Crippen LogP contribution in [0.5, 0.6) is 0 Å². The average molecular weight is 365 g/mol. The number of aromatic nitrogens is 4. The van der Waals surface area contributed by atoms with Gasteiger partial charge in [0.2, 0.25) is 11.9 Å². The lowest BCUT2D eigenvalue weighted by Crippen LogP contribution is -2.27. The second-order valence-corrected chi connectivity index (χ2v) is 6.79. The standard InChI is InChI=1S/C19H23N7O/c1-25-18-15(17(24-25)13-5-7-14(20)8-6-13)12-22-19(23-18)21-9-3-11-26-10-2-4-16(26)27/h5-8,12H,2-4,9-11,20H2,1H3,(H,21,22,23). The number of nitrogen functional groups attached to an aromatic ring is 1. The molecule has 8 nitrogen and oxygen atoms in total. The van der Waals surface area contributed by atoms with Crippen LogP contribution in [-0.2, 0) is 11.8 Å². The Morgan fingerprint density at radius 3 is 2.81 bits per heavy atom. The van der Waals surface area contributed by atoms with Crippen molar-refractivity contribution in [2.45, 2.75) is 19.3 Å². The highest BCUT2D eigenvalue weighted by atomic mass is 16.2. The van der Waals surface area contributed by atoms with Gasteiger partial charge in [0.15, 0.2) is 5.65 Å². The first-order chi connectivity index (χ1) is 13.1. The van der Waals surface area contributed by atoms with Crippen LogP contribution in [0.2, 0.25) is 0 Å². The van der Waals surface area contributed by atoms with Crippen LogP contribution in [-0.4, -0.2) is 50.2 Å². The van der Waals surface area contributed by atoms with Gasteiger partial charge < -0.3 is 16.0 Å². The van der Waals surface area contributed by atoms with Crippen LogP contribution in [0.1, 0.15) is 19.3 Å². The van der Waals surface area contributed by atoms with Gasteiger partial charge in [0.1, 0.15) is 5.69 Å². The highest BCUT2D eigenvalue weighted by Crippen LogP contribution is 2.27. The molecular formula is C19H23N7O. The summed E-state index contributed by atoms with van der Waals surface area (Å²) in [6.45, 7) is 2.38. The predicted molar refractivity (Wildman–Crippen MR) is 105 cm³/mol. The van der Waals surface area contributed by atoms with Crippen LogP contribution in [0.25, 0.3) is 22.3 Å². The molecular weight excluding hydrogens is 342 g/mol. The third-order valence-corrected chi connectivity index (χ3v) is 4.82. The van der Waals surface area contributed by atoms with E-state index in [0.29, 0.717) is 12.4 Å². The van der Waals surface area contributed by atoms with Crippen molar-refractivity contribution in [1.82, 2.24) is 24.6 Å². The number of carbonyl (C=O) groups excluding carboxylic acids is 1. The maximum Gasteiger partial charge on any atom is 0.224 e. The summed E-state index contributed by atoms with van der Waals surface area (Å²) >= 11 is 0. The zero-order valence-corrected chi connectivity index (χ0v) is 15.4. The normalized spacial score (nSPS) is 14.3. The molecule has 0 bridgehead atoms. The fraction of sp³-hybridized carbons (Fsp3) is 0.368. The Morgan fingerprint density at radius 1 is 1.26 bits per heavy atom. The summed E-state index contributed by atoms with van der Waals surface area (Å²) in [4.78, 5) is 22.6. The summed E-state index contributed by atoms with van der Waals surface area (Å²) in [6.07, 6.45) is 4.33. The molecule has 3 N–H and O–H groups in total. The second-order valence-electron chi connectivity index (χ2n) is 6.79. The summed E-state index contributed by atoms with van der Waals surface area (Å²) in [6, 6.07) is 7.61. The molecule has 0 spiro atoms. The Balaban J connectivity index is 1.45. The summed E-state index contributed by atoms with van der Waals surface area (Å²) in [7, 11) is 1.87. The van der Waals surface area contributed by atoms with Crippen molar-refractivity contribution in [1.29, 1.82) is 0 Å². The molecule has 1 aromatic carbocycles. The van der Waals surface area contributed by atoms with Gasteiger partial charge in [0.05, 0.1) is 5.39 Å². The van der Waals surface area contributed by atoms with E-state index in [1.807, 2.05) is 36.2 Å². The molecule has 2 aromatic heterocycles. The Hall–Kier alpha value is -3.16. The Kier molecular flexibility index (Phi) is 4.62. The van der Waals surface area contributed by atoms with Crippen molar-refractivity contribution >= 4 is 28.6 Å². The number of amides is 1. The topological polar surface area (TPSA) is 102 Å². The summed E-state index contributed by atoms with van der Waals surface area (Å²) in [5.41, 5.74) is 9.08. The zero-order chi connectivity index (χ0) is 18.8. The van der Waals surface area contributed by atoms with Gasteiger partial charge in [-0.25, -0.2) is 9.67 Å². The Morgan fingerprint density at radius 2 is 2.07 bits per heavy atom. The quantitative estimate of drug-likeness (QED) is 0.512. The van der Waals surface area contributed by atoms with Crippen LogP contribution in [0.15, 0.2) is 30.5 Å². The monoisotopic (exact) mass is 365 g/mol. The van der Waals surface area contributed by atoms with Gasteiger partial charge in [-0.2, -0.15) is 10.1 Å². The van der Waals surface area contributed by atoms with E-state index in [1.54, 1.807) is 10.9 Å². The van der Waals surface area contributed by atoms with E-state index < -0.39 is 0 Å². The fourth-order valence-electron chi connectivity index (χ4n) is 3.39. The average Bonchev–Trinajstić information content (AvgIpc) is 3.23. The number of nitrogens with zero attached hydrogens (tertiary/aromatic N) is 5. The minimum atomic E-state index is 0.262. The summed E-state index contributed by atoms with van der Waals surface area (Å²) in [5.74, 6) is 0.833. The number of aryl methyl sites for hydroxylation is 1. The van der Waals surface area contributed by atoms with Crippen molar-refractivity contribution in [3.8, 4) is 11.3 Å². The Labute approximate surface area is 157 Å². The predicted octanol–water partition coefficient (Wildman–Crippen LogP) is 2.04. The molecule has 1 fully saturated rings. The number of likely N-dealkylation sites (tertiary alicyclic amines) is 1. The number of nitrogens with one attached hydrogen (secondary N) is 1. The Bertz CT molecular complexity index is 964. The second kappa shape index (κ2) is 7.22. The van der Waals surface area contributed by atoms with Crippen LogP contribution in [0.4, 0.5) is 11.6 Å². The van der Waals surface area contributed by atoms with Crippen molar-refractivity contribution < 1.29 is 4.79 Å². The highest BCUT2D eigenvalue weighted by molar-refractivity contribution is 5.91. The molecule has 1 aliphatic rings. The number of carbonyl (C=O) groups is 1. The van der Waals surface area contributed by atoms with Gasteiger partial charge in [0, 0.05) is 50.6 Å². The highest BCUT2D eigenvalue weighted by Gasteiger charge is 2.19. The van der Waals surface area contributed by atoms with Gasteiger partial charge in [-0.3, -0.25) is 4.79 Å². The zero-order valence-electron chi connectivity index (χ0n) is 15.4. The first kappa shape index (κ1) is 17.3. The summed E-state index contributed by atoms with van der Waals surface area (Å²) in [5, 5.41) is 8.73. The van der Waals surface area contributed by atoms with E-state index in [0.717, 1.165) is 60.5 Å². The maximum atomic E-state index is 11.6. The first-order valence-electron chi connectivity index (χ1n) is 9.19. The van der Waals surface area contributed by atoms with Crippen molar-refractivity contribution in [2.24, 2.45) is 7.05 Å². The van der Waals surface area contributed by atoms with Crippen molar-refractivity contribution in [2.75, 3.05) is 30.7 Å². The number of nitrogens with two attached hydrogens (primary N) is 1. The molecule has 0 radical (unpaired) electrons. The SMILES string of the molecule is Cn1nc(-c2ccc(N)cc2)c2cnc(NCCCN3CCCC3=O)nc21. The molecule has 0 aliphatic carbocycles. The minimum absolute atomic E-state index is 0.262. The van der Waals surface area contributed by atoms with Gasteiger partial charge in [-0.1, -0.05) is 12.1 Å². The minimum Gasteiger partial charge on any atom is -0.399 e. The molecule has 0 unspecified atom stereocenters. The van der Waals surface area contributed by atoms with E-state index in [4.69, 9.17) is 5.73 Å². The molecule has 1 amide bonds. The third kappa shape index (κ3) is 3.55. The smallest absolute Gasteiger partial charge is 0.224 e. The molecule has 8 heteroatoms. The lowest BCUT2D eigenvalue weighted by molar-refractivity contribution is -0.127. The number of rotatable bonds is 6. The van der Waals surface area contributed by atoms with E-state index in [2.05, 4.69) is 20.4 Å². The summed E-state index contributed by atoms with van der Waals surface area (Å²) < 4.78 is 1.76. The van der Waals surface area contributed by atoms with E-state index in [9.17, 15) is 4.79 Å². The maximum absolute atomic E-state index is 11.6. The molecule has 3 aromatic rings. The van der Waals surface area contributed by atoms with Gasteiger partial charge in [0.25, 0.3) is 0 Å². The van der Waals surface area contributed by atoms with E-state index >= 15 is 0 Å². The molecule has 0 saturated carbocycles. The number of anilines is 2. The van der Waals surface area contributed by atoms with Crippen LogP contribution < -0.4 is 11.1 Å². The lowest BCUT2D eigenvalue weighted by atomic mass is 10.1. The molecule has 4 rings (SSSR count). The van der Waals surface area contributed by atoms with Gasteiger partial charge >= 0.3 is 0 Å². The lowest BCUT2D eigenvalue weighted by Gasteiger charge is -2.15. The van der Waals surface area contributed by atoms with Gasteiger partial charge in [-0.05, 0) is 25.0 Å². The largest absolute Gasteiger partial charge is 0.399 e. The van der Waals surface area contributed by atoms with E-state index in [1.165, 1.54) is 0 Å². The van der Waals surface area contributed by atoms with Crippen LogP contribution in [0, 0.1) is 0 Å². The number of hydrogen-bond acceptors (Lipinski definition) is 6. The van der Waals surface area contributed by atoms with E-state index in [-0.39, 0.29) is 5.91 Å². The van der Waals surface area contributed by atoms with Crippen LogP contribution >= 0.6 is 0 Å².